The Morgan fingerprint density at radius 3 is 3.05 bits per heavy atom. The molecule has 0 aliphatic carbocycles. The van der Waals surface area contributed by atoms with E-state index in [9.17, 15) is 4.79 Å². The summed E-state index contributed by atoms with van der Waals surface area (Å²) in [6.45, 7) is 3.76. The fourth-order valence-corrected chi connectivity index (χ4v) is 2.18. The van der Waals surface area contributed by atoms with Gasteiger partial charge in [-0.15, -0.1) is 11.3 Å². The maximum Gasteiger partial charge on any atom is 0.350 e. The van der Waals surface area contributed by atoms with Gasteiger partial charge in [-0.25, -0.2) is 9.78 Å². The summed E-state index contributed by atoms with van der Waals surface area (Å²) in [5.74, 6) is 0.819. The van der Waals surface area contributed by atoms with E-state index in [1.54, 1.807) is 13.0 Å². The first-order valence-corrected chi connectivity index (χ1v) is 7.08. The van der Waals surface area contributed by atoms with Gasteiger partial charge in [0.2, 0.25) is 0 Å². The molecule has 0 fully saturated rings. The van der Waals surface area contributed by atoms with Gasteiger partial charge in [-0.05, 0) is 26.0 Å². The number of rotatable bonds is 5. The lowest BCUT2D eigenvalue weighted by Gasteiger charge is -1.99. The minimum atomic E-state index is -0.661. The number of nitrogens with one attached hydrogen (secondary N) is 1. The van der Waals surface area contributed by atoms with Crippen molar-refractivity contribution in [2.45, 2.75) is 13.8 Å². The van der Waals surface area contributed by atoms with Crippen molar-refractivity contribution in [3.63, 3.8) is 0 Å². The van der Waals surface area contributed by atoms with Crippen molar-refractivity contribution in [2.24, 2.45) is 0 Å². The summed E-state index contributed by atoms with van der Waals surface area (Å²) in [6, 6.07) is 5.48. The molecule has 0 radical (unpaired) electrons. The third-order valence-corrected chi connectivity index (χ3v) is 3.23. The monoisotopic (exact) mass is 303 g/mol. The molecule has 0 unspecified atom stereocenters. The number of aromatic nitrogens is 1. The van der Waals surface area contributed by atoms with Gasteiger partial charge in [0, 0.05) is 11.6 Å². The fraction of sp³-hybridized carbons (Fsp3) is 0.214. The van der Waals surface area contributed by atoms with Gasteiger partial charge < -0.3 is 14.5 Å². The van der Waals surface area contributed by atoms with Gasteiger partial charge in [-0.2, -0.15) is 5.26 Å². The summed E-state index contributed by atoms with van der Waals surface area (Å²) >= 11 is 1.34. The van der Waals surface area contributed by atoms with Crippen LogP contribution in [-0.4, -0.2) is 17.6 Å². The van der Waals surface area contributed by atoms with E-state index in [1.807, 2.05) is 24.4 Å². The van der Waals surface area contributed by atoms with E-state index in [1.165, 1.54) is 17.5 Å². The first-order valence-electron chi connectivity index (χ1n) is 6.20. The van der Waals surface area contributed by atoms with Crippen LogP contribution < -0.4 is 5.32 Å². The highest BCUT2D eigenvalue weighted by atomic mass is 32.1. The number of ether oxygens (including phenoxy) is 1. The van der Waals surface area contributed by atoms with E-state index in [-0.39, 0.29) is 12.2 Å². The smallest absolute Gasteiger partial charge is 0.350 e. The van der Waals surface area contributed by atoms with Crippen molar-refractivity contribution < 1.29 is 13.9 Å². The van der Waals surface area contributed by atoms with E-state index in [4.69, 9.17) is 14.4 Å². The molecule has 0 bridgehead atoms. The number of thiazole rings is 1. The molecule has 0 aromatic carbocycles. The highest BCUT2D eigenvalue weighted by Crippen LogP contribution is 2.26. The first kappa shape index (κ1) is 14.8. The number of furan rings is 1. The summed E-state index contributed by atoms with van der Waals surface area (Å²) in [4.78, 5) is 15.8. The van der Waals surface area contributed by atoms with Gasteiger partial charge >= 0.3 is 5.97 Å². The van der Waals surface area contributed by atoms with Gasteiger partial charge in [0.25, 0.3) is 0 Å². The van der Waals surface area contributed by atoms with E-state index in [2.05, 4.69) is 10.3 Å². The largest absolute Gasteiger partial charge is 0.462 e. The molecule has 0 amide bonds. The fourth-order valence-electron chi connectivity index (χ4n) is 1.50. The molecular weight excluding hydrogens is 290 g/mol. The van der Waals surface area contributed by atoms with E-state index in [0.29, 0.717) is 16.6 Å². The van der Waals surface area contributed by atoms with Crippen molar-refractivity contribution in [1.29, 1.82) is 5.26 Å². The molecule has 0 saturated carbocycles. The molecule has 21 heavy (non-hydrogen) atoms. The Bertz CT molecular complexity index is 709. The molecule has 2 aromatic rings. The molecule has 0 saturated heterocycles. The Balaban J connectivity index is 2.09. The number of esters is 1. The van der Waals surface area contributed by atoms with Crippen molar-refractivity contribution in [1.82, 2.24) is 4.98 Å². The molecular formula is C14H13N3O3S. The number of carbonyl (C=O) groups excluding carboxylic acids is 1. The zero-order valence-electron chi connectivity index (χ0n) is 11.5. The topological polar surface area (TPSA) is 88.2 Å². The van der Waals surface area contributed by atoms with Crippen molar-refractivity contribution in [2.75, 3.05) is 11.9 Å². The highest BCUT2D eigenvalue weighted by molar-refractivity contribution is 7.14. The molecule has 7 heteroatoms. The number of aryl methyl sites for hydroxylation is 1. The maximum atomic E-state index is 11.4. The summed E-state index contributed by atoms with van der Waals surface area (Å²) in [7, 11) is 0. The van der Waals surface area contributed by atoms with Crippen LogP contribution in [-0.2, 0) is 9.53 Å². The van der Waals surface area contributed by atoms with Crippen molar-refractivity contribution in [3.05, 3.63) is 35.0 Å². The Hall–Kier alpha value is -2.59. The van der Waals surface area contributed by atoms with Crippen LogP contribution in [0.4, 0.5) is 5.13 Å². The van der Waals surface area contributed by atoms with Gasteiger partial charge in [0.05, 0.1) is 6.61 Å². The van der Waals surface area contributed by atoms with E-state index < -0.39 is 5.97 Å². The quantitative estimate of drug-likeness (QED) is 0.519. The molecule has 108 valence electrons. The zero-order chi connectivity index (χ0) is 15.2. The van der Waals surface area contributed by atoms with Crippen LogP contribution in [0.25, 0.3) is 11.5 Å². The molecule has 0 atom stereocenters. The molecule has 0 aliphatic rings. The zero-order valence-corrected chi connectivity index (χ0v) is 12.4. The standard InChI is InChI=1S/C14H13N3O3S/c1-3-19-13(18)10(6-15)7-16-14-17-11(8-21-14)12-5-4-9(2)20-12/h4-5,7-8H,3H2,1-2H3,(H,16,17)/b10-7+. The van der Waals surface area contributed by atoms with E-state index in [0.717, 1.165) is 5.76 Å². The molecule has 2 rings (SSSR count). The molecule has 1 N–H and O–H groups in total. The van der Waals surface area contributed by atoms with Crippen LogP contribution in [0.5, 0.6) is 0 Å². The Morgan fingerprint density at radius 2 is 2.43 bits per heavy atom. The number of hydrogen-bond donors (Lipinski definition) is 1. The maximum absolute atomic E-state index is 11.4. The van der Waals surface area contributed by atoms with Crippen LogP contribution in [0.15, 0.2) is 33.7 Å². The lowest BCUT2D eigenvalue weighted by Crippen LogP contribution is -2.07. The van der Waals surface area contributed by atoms with Gasteiger partial charge in [0.15, 0.2) is 16.5 Å². The predicted molar refractivity (Wildman–Crippen MR) is 78.5 cm³/mol. The average molecular weight is 303 g/mol. The summed E-state index contributed by atoms with van der Waals surface area (Å²) in [6.07, 6.45) is 1.29. The average Bonchev–Trinajstić information content (AvgIpc) is 3.08. The van der Waals surface area contributed by atoms with Crippen LogP contribution in [0.2, 0.25) is 0 Å². The van der Waals surface area contributed by atoms with Crippen LogP contribution >= 0.6 is 11.3 Å². The number of nitrogens with zero attached hydrogens (tertiary/aromatic N) is 2. The number of carbonyl (C=O) groups is 1. The normalized spacial score (nSPS) is 11.0. The van der Waals surface area contributed by atoms with Crippen LogP contribution in [0.1, 0.15) is 12.7 Å². The van der Waals surface area contributed by atoms with Crippen LogP contribution in [0.3, 0.4) is 0 Å². The minimum absolute atomic E-state index is 0.109. The second-order valence-electron chi connectivity index (χ2n) is 3.98. The molecule has 6 nitrogen and oxygen atoms in total. The number of anilines is 1. The van der Waals surface area contributed by atoms with Gasteiger partial charge in [-0.1, -0.05) is 0 Å². The molecule has 2 aromatic heterocycles. The van der Waals surface area contributed by atoms with Crippen molar-refractivity contribution in [3.8, 4) is 17.5 Å². The Labute approximate surface area is 125 Å². The Kier molecular flexibility index (Phi) is 4.74. The predicted octanol–water partition coefficient (Wildman–Crippen LogP) is 3.09. The lowest BCUT2D eigenvalue weighted by molar-refractivity contribution is -0.138. The second kappa shape index (κ2) is 6.72. The third-order valence-electron chi connectivity index (χ3n) is 2.45. The molecule has 0 aliphatic heterocycles. The lowest BCUT2D eigenvalue weighted by atomic mass is 10.3. The number of nitriles is 1. The summed E-state index contributed by atoms with van der Waals surface area (Å²) in [5, 5.41) is 14.1. The second-order valence-corrected chi connectivity index (χ2v) is 4.84. The Morgan fingerprint density at radius 1 is 1.62 bits per heavy atom. The third kappa shape index (κ3) is 3.70. The molecule has 2 heterocycles. The van der Waals surface area contributed by atoms with Crippen LogP contribution in [0, 0.1) is 18.3 Å². The van der Waals surface area contributed by atoms with Gasteiger partial charge in [0.1, 0.15) is 17.5 Å². The van der Waals surface area contributed by atoms with Crippen molar-refractivity contribution >= 4 is 22.4 Å². The van der Waals surface area contributed by atoms with E-state index >= 15 is 0 Å². The minimum Gasteiger partial charge on any atom is -0.462 e. The molecule has 0 spiro atoms. The summed E-state index contributed by atoms with van der Waals surface area (Å²) in [5.41, 5.74) is 0.584. The highest BCUT2D eigenvalue weighted by Gasteiger charge is 2.11. The number of hydrogen-bond acceptors (Lipinski definition) is 7. The SMILES string of the molecule is CCOC(=O)/C(C#N)=C/Nc1nc(-c2ccc(C)o2)cs1. The van der Waals surface area contributed by atoms with Gasteiger partial charge in [-0.3, -0.25) is 0 Å². The first-order chi connectivity index (χ1) is 10.1. The summed E-state index contributed by atoms with van der Waals surface area (Å²) < 4.78 is 10.2.